The molecular weight excluding hydrogens is 468 g/mol. The van der Waals surface area contributed by atoms with Gasteiger partial charge in [0.1, 0.15) is 28.2 Å². The summed E-state index contributed by atoms with van der Waals surface area (Å²) < 4.78 is 27.9. The number of ketones is 2. The number of rotatable bonds is 5. The van der Waals surface area contributed by atoms with Gasteiger partial charge in [-0.05, 0) is 18.9 Å². The number of carbonyl (C=O) groups excluding carboxylic acids is 3. The number of hydrogen-bond acceptors (Lipinski definition) is 9. The van der Waals surface area contributed by atoms with Gasteiger partial charge in [0.15, 0.2) is 17.3 Å². The van der Waals surface area contributed by atoms with Gasteiger partial charge in [-0.3, -0.25) is 9.59 Å². The van der Waals surface area contributed by atoms with E-state index < -0.39 is 35.5 Å². The third-order valence-electron chi connectivity index (χ3n) is 6.43. The third kappa shape index (κ3) is 3.63. The van der Waals surface area contributed by atoms with Gasteiger partial charge in [-0.1, -0.05) is 18.5 Å². The van der Waals surface area contributed by atoms with Crippen LogP contribution in [-0.4, -0.2) is 61.8 Å². The zero-order chi connectivity index (χ0) is 24.8. The third-order valence-corrected chi connectivity index (χ3v) is 6.78. The standard InChI is InChI=1S/C24H25ClO9/c1-11-7-12(26)8-18(31-3)24(11)22(28)19-16(10-17(30-2)20(25)21(19)34-24)33-13-5-6-15(27)14(9-13)23(29)32-4/h8-11,13,15,27H,5-7H2,1-4H3/t11-,13-,15+,24+/m1/s1. The van der Waals surface area contributed by atoms with Crippen LogP contribution in [0.15, 0.2) is 29.6 Å². The highest BCUT2D eigenvalue weighted by Gasteiger charge is 2.60. The first kappa shape index (κ1) is 24.1. The summed E-state index contributed by atoms with van der Waals surface area (Å²) in [6.07, 6.45) is 1.87. The molecule has 1 spiro atoms. The minimum Gasteiger partial charge on any atom is -0.496 e. The molecule has 9 nitrogen and oxygen atoms in total. The molecule has 4 rings (SSSR count). The summed E-state index contributed by atoms with van der Waals surface area (Å²) in [5.74, 6) is -1.31. The number of carbonyl (C=O) groups is 3. The lowest BCUT2D eigenvalue weighted by Gasteiger charge is -2.36. The van der Waals surface area contributed by atoms with Gasteiger partial charge in [-0.15, -0.1) is 0 Å². The molecule has 0 aromatic heterocycles. The zero-order valence-electron chi connectivity index (χ0n) is 19.2. The van der Waals surface area contributed by atoms with E-state index in [1.54, 1.807) is 6.92 Å². The quantitative estimate of drug-likeness (QED) is 0.619. The van der Waals surface area contributed by atoms with Crippen molar-refractivity contribution < 1.29 is 43.2 Å². The highest BCUT2D eigenvalue weighted by atomic mass is 35.5. The largest absolute Gasteiger partial charge is 0.496 e. The second kappa shape index (κ2) is 8.96. The average Bonchev–Trinajstić information content (AvgIpc) is 3.13. The summed E-state index contributed by atoms with van der Waals surface area (Å²) in [6, 6.07) is 1.48. The van der Waals surface area contributed by atoms with Crippen LogP contribution in [0.3, 0.4) is 0 Å². The molecule has 0 radical (unpaired) electrons. The van der Waals surface area contributed by atoms with Gasteiger partial charge in [0.2, 0.25) is 11.4 Å². The molecule has 1 aliphatic heterocycles. The second-order valence-corrected chi connectivity index (χ2v) is 8.79. The SMILES string of the molecule is COC(=O)C1=C[C@H](Oc2cc(OC)c(Cl)c3c2C(=O)[C@@]2(O3)C(OC)=CC(=O)C[C@H]2C)CC[C@@H]1O. The Labute approximate surface area is 201 Å². The smallest absolute Gasteiger partial charge is 0.336 e. The molecule has 0 amide bonds. The summed E-state index contributed by atoms with van der Waals surface area (Å²) in [7, 11) is 4.01. The van der Waals surface area contributed by atoms with Crippen LogP contribution in [0.1, 0.15) is 36.5 Å². The van der Waals surface area contributed by atoms with Crippen molar-refractivity contribution in [2.45, 2.75) is 44.0 Å². The van der Waals surface area contributed by atoms with Gasteiger partial charge in [-0.2, -0.15) is 0 Å². The molecule has 1 aromatic carbocycles. The molecule has 182 valence electrons. The number of benzene rings is 1. The minimum atomic E-state index is -1.57. The Balaban J connectivity index is 1.81. The predicted molar refractivity (Wildman–Crippen MR) is 119 cm³/mol. The van der Waals surface area contributed by atoms with E-state index in [0.29, 0.717) is 6.42 Å². The van der Waals surface area contributed by atoms with Crippen LogP contribution in [0, 0.1) is 5.92 Å². The summed E-state index contributed by atoms with van der Waals surface area (Å²) in [4.78, 5) is 38.0. The lowest BCUT2D eigenvalue weighted by atomic mass is 9.75. The number of aliphatic hydroxyl groups excluding tert-OH is 1. The van der Waals surface area contributed by atoms with E-state index in [0.717, 1.165) is 0 Å². The van der Waals surface area contributed by atoms with Gasteiger partial charge in [-0.25, -0.2) is 4.79 Å². The van der Waals surface area contributed by atoms with E-state index in [-0.39, 0.29) is 57.8 Å². The molecule has 1 heterocycles. The Morgan fingerprint density at radius 3 is 2.56 bits per heavy atom. The Bertz CT molecular complexity index is 1120. The molecule has 0 fully saturated rings. The maximum Gasteiger partial charge on any atom is 0.336 e. The summed E-state index contributed by atoms with van der Waals surface area (Å²) >= 11 is 6.52. The Morgan fingerprint density at radius 2 is 1.91 bits per heavy atom. The monoisotopic (exact) mass is 492 g/mol. The van der Waals surface area contributed by atoms with Crippen molar-refractivity contribution in [3.8, 4) is 17.2 Å². The van der Waals surface area contributed by atoms with E-state index in [4.69, 9.17) is 35.3 Å². The number of fused-ring (bicyclic) bond motifs is 1. The molecule has 0 unspecified atom stereocenters. The molecule has 1 N–H and O–H groups in total. The van der Waals surface area contributed by atoms with E-state index in [1.807, 2.05) is 0 Å². The van der Waals surface area contributed by atoms with Crippen molar-refractivity contribution in [3.05, 3.63) is 40.1 Å². The first-order chi connectivity index (χ1) is 16.2. The Hall–Kier alpha value is -3.04. The normalized spacial score (nSPS) is 28.0. The van der Waals surface area contributed by atoms with Crippen LogP contribution >= 0.6 is 11.6 Å². The van der Waals surface area contributed by atoms with Crippen molar-refractivity contribution in [2.75, 3.05) is 21.3 Å². The number of hydrogen-bond donors (Lipinski definition) is 1. The summed E-state index contributed by atoms with van der Waals surface area (Å²) in [6.45, 7) is 1.73. The number of methoxy groups -OCH3 is 3. The first-order valence-electron chi connectivity index (χ1n) is 10.8. The maximum absolute atomic E-state index is 13.9. The highest BCUT2D eigenvalue weighted by Crippen LogP contribution is 2.54. The number of allylic oxidation sites excluding steroid dienone is 1. The van der Waals surface area contributed by atoms with E-state index in [2.05, 4.69) is 0 Å². The molecule has 34 heavy (non-hydrogen) atoms. The van der Waals surface area contributed by atoms with Crippen molar-refractivity contribution in [1.29, 1.82) is 0 Å². The fourth-order valence-electron chi connectivity index (χ4n) is 4.68. The summed E-state index contributed by atoms with van der Waals surface area (Å²) in [5.41, 5.74) is -1.40. The zero-order valence-corrected chi connectivity index (χ0v) is 19.9. The molecule has 1 aromatic rings. The van der Waals surface area contributed by atoms with Gasteiger partial charge >= 0.3 is 5.97 Å². The fourth-order valence-corrected chi connectivity index (χ4v) is 4.95. The van der Waals surface area contributed by atoms with Crippen molar-refractivity contribution in [1.82, 2.24) is 0 Å². The van der Waals surface area contributed by atoms with Crippen molar-refractivity contribution in [2.24, 2.45) is 5.92 Å². The molecule has 0 bridgehead atoms. The van der Waals surface area contributed by atoms with E-state index in [1.165, 1.54) is 39.5 Å². The van der Waals surface area contributed by atoms with Gasteiger partial charge in [0.25, 0.3) is 0 Å². The second-order valence-electron chi connectivity index (χ2n) is 8.41. The molecule has 10 heteroatoms. The number of ether oxygens (including phenoxy) is 5. The topological polar surface area (TPSA) is 118 Å². The molecule has 2 aliphatic carbocycles. The Kier molecular flexibility index (Phi) is 6.35. The van der Waals surface area contributed by atoms with Crippen LogP contribution < -0.4 is 14.2 Å². The molecule has 0 saturated carbocycles. The summed E-state index contributed by atoms with van der Waals surface area (Å²) in [5, 5.41) is 10.2. The van der Waals surface area contributed by atoms with Gasteiger partial charge in [0.05, 0.1) is 33.0 Å². The number of esters is 1. The highest BCUT2D eigenvalue weighted by molar-refractivity contribution is 6.35. The van der Waals surface area contributed by atoms with Gasteiger partial charge in [0, 0.05) is 24.5 Å². The van der Waals surface area contributed by atoms with Crippen LogP contribution in [0.25, 0.3) is 0 Å². The van der Waals surface area contributed by atoms with E-state index >= 15 is 0 Å². The van der Waals surface area contributed by atoms with E-state index in [9.17, 15) is 19.5 Å². The lowest BCUT2D eigenvalue weighted by Crippen LogP contribution is -2.51. The predicted octanol–water partition coefficient (Wildman–Crippen LogP) is 2.80. The first-order valence-corrected chi connectivity index (χ1v) is 11.1. The number of halogens is 1. The maximum atomic E-state index is 13.9. The van der Waals surface area contributed by atoms with Crippen LogP contribution in [0.5, 0.6) is 17.2 Å². The molecular formula is C24H25ClO9. The Morgan fingerprint density at radius 1 is 1.18 bits per heavy atom. The molecule has 4 atom stereocenters. The molecule has 0 saturated heterocycles. The van der Waals surface area contributed by atoms with Crippen LogP contribution in [0.4, 0.5) is 0 Å². The number of aliphatic hydroxyl groups is 1. The van der Waals surface area contributed by atoms with Crippen LogP contribution in [0.2, 0.25) is 5.02 Å². The average molecular weight is 493 g/mol. The van der Waals surface area contributed by atoms with Gasteiger partial charge < -0.3 is 28.8 Å². The number of Topliss-reactive ketones (excluding diaryl/α,β-unsaturated/α-hetero) is 1. The van der Waals surface area contributed by atoms with Crippen LogP contribution in [-0.2, 0) is 19.1 Å². The fraction of sp³-hybridized carbons (Fsp3) is 0.458. The lowest BCUT2D eigenvalue weighted by molar-refractivity contribution is -0.137. The molecule has 3 aliphatic rings. The van der Waals surface area contributed by atoms with Crippen molar-refractivity contribution in [3.63, 3.8) is 0 Å². The minimum absolute atomic E-state index is 0.0678. The van der Waals surface area contributed by atoms with Crippen molar-refractivity contribution >= 4 is 29.1 Å².